The Morgan fingerprint density at radius 2 is 0.629 bits per heavy atom. The fourth-order valence-corrected chi connectivity index (χ4v) is 16.4. The van der Waals surface area contributed by atoms with Crippen LogP contribution in [0.1, 0.15) is 273 Å². The maximum Gasteiger partial charge on any atom is 0.272 e. The Labute approximate surface area is 699 Å². The number of halogens is 4. The van der Waals surface area contributed by atoms with E-state index in [-0.39, 0.29) is 118 Å². The molecule has 116 heavy (non-hydrogen) atoms. The number of nitriles is 4. The van der Waals surface area contributed by atoms with Crippen molar-refractivity contribution in [1.82, 2.24) is 61.6 Å². The molecular weight excluding hydrogens is 1550 g/mol. The molecule has 0 atom stereocenters. The summed E-state index contributed by atoms with van der Waals surface area (Å²) in [4.78, 5) is 67.4. The summed E-state index contributed by atoms with van der Waals surface area (Å²) in [5, 5.41) is 66.1. The zero-order valence-electron chi connectivity index (χ0n) is 68.3. The van der Waals surface area contributed by atoms with Crippen LogP contribution in [0.15, 0.2) is 122 Å². The van der Waals surface area contributed by atoms with Gasteiger partial charge in [-0.25, -0.2) is 9.97 Å². The van der Waals surface area contributed by atoms with Crippen LogP contribution < -0.4 is 40.2 Å². The summed E-state index contributed by atoms with van der Waals surface area (Å²) < 4.78 is 24.5. The SMILES string of the molecule is CC(C)c1ccc(C(=O)NC2C(C)(C)C(Oc3ccc(C#N)c(Cl)c3)C2(C)C)nn1.CC(C)c1ccc(C(=O)NC2CCC(Oc3ccc(C#N)c(Cl)c3)CC2)nn1.CC(C)c1cnc(C(=O)NC2C(C)(C)C(Oc3ccc(C#N)c(Cl)c3)C2(C)C)cn1.CC(C)c1cnc(C(=O)NC2CCC(Oc3ccc(C#N)c(Cl)c3)CC2)cn1. The average Bonchev–Trinajstić information content (AvgIpc) is 0.712. The minimum absolute atomic E-state index is 0.0715. The van der Waals surface area contributed by atoms with E-state index < -0.39 is 0 Å². The number of nitrogens with zero attached hydrogens (tertiary/aromatic N) is 12. The summed E-state index contributed by atoms with van der Waals surface area (Å²) in [6, 6.07) is 35.5. The molecule has 4 heterocycles. The van der Waals surface area contributed by atoms with E-state index in [0.717, 1.165) is 74.1 Å². The minimum atomic E-state index is -0.329. The first-order valence-electron chi connectivity index (χ1n) is 38.9. The predicted molar refractivity (Wildman–Crippen MR) is 444 cm³/mol. The van der Waals surface area contributed by atoms with Crippen LogP contribution in [-0.4, -0.2) is 113 Å². The Balaban J connectivity index is 0.000000177. The van der Waals surface area contributed by atoms with E-state index in [9.17, 15) is 19.2 Å². The van der Waals surface area contributed by atoms with Crippen molar-refractivity contribution in [3.8, 4) is 47.3 Å². The first-order chi connectivity index (χ1) is 54.9. The number of carbonyl (C=O) groups is 4. The molecular formula is C88H100Cl4N16O8. The standard InChI is InChI=1S/2C23H27ClN4O2.2C21H23ClN4O2/c1-13(2)17-11-27-18(12-26-17)19(29)28-20-22(3,4)21(23(20,5)6)30-15-8-7-14(10-25)16(24)9-15;1-13(2)17-9-10-18(28-27-17)19(29)26-20-22(3,4)21(23(20,5)6)30-15-8-7-14(12-25)16(24)11-15;1-13(2)19-11-25-20(12-24-19)21(27)26-15-4-7-16(8-5-15)28-17-6-3-14(10-23)18(22)9-17;1-13(2)19-9-10-20(26-25-19)21(27)24-15-4-7-16(8-5-15)28-17-6-3-14(12-23)18(22)11-17/h7-9,11-13,20-21H,1-6H3,(H,28,29);7-11,13,20-21H,1-6H3,(H,26,29);3,6,9,11-13,15-16H,4-5,7-8H2,1-2H3,(H,26,27);3,6,9-11,13,15-16H,4-5,7-8H2,1-2H3,(H,24,27). The van der Waals surface area contributed by atoms with E-state index in [1.165, 1.54) is 12.4 Å². The lowest BCUT2D eigenvalue weighted by molar-refractivity contribution is -0.164. The lowest BCUT2D eigenvalue weighted by atomic mass is 9.49. The zero-order valence-corrected chi connectivity index (χ0v) is 71.3. The predicted octanol–water partition coefficient (Wildman–Crippen LogP) is 18.0. The molecule has 0 saturated heterocycles. The maximum absolute atomic E-state index is 12.8. The second kappa shape index (κ2) is 38.9. The Morgan fingerprint density at radius 1 is 0.353 bits per heavy atom. The lowest BCUT2D eigenvalue weighted by Crippen LogP contribution is -2.74. The Hall–Kier alpha value is -10.6. The van der Waals surface area contributed by atoms with E-state index in [1.807, 2.05) is 91.8 Å². The lowest BCUT2D eigenvalue weighted by Gasteiger charge is -2.63. The van der Waals surface area contributed by atoms with Crippen molar-refractivity contribution < 1.29 is 38.1 Å². The van der Waals surface area contributed by atoms with Crippen LogP contribution in [0.5, 0.6) is 23.0 Å². The summed E-state index contributed by atoms with van der Waals surface area (Å²) in [6.45, 7) is 32.8. The molecule has 4 aromatic carbocycles. The van der Waals surface area contributed by atoms with Gasteiger partial charge in [0.05, 0.1) is 89.7 Å². The van der Waals surface area contributed by atoms with Gasteiger partial charge in [-0.3, -0.25) is 29.1 Å². The number of aromatic nitrogens is 8. The van der Waals surface area contributed by atoms with Gasteiger partial charge >= 0.3 is 0 Å². The van der Waals surface area contributed by atoms with E-state index in [2.05, 4.69) is 117 Å². The second-order valence-electron chi connectivity index (χ2n) is 33.2. The van der Waals surface area contributed by atoms with Crippen LogP contribution in [0.4, 0.5) is 0 Å². The summed E-state index contributed by atoms with van der Waals surface area (Å²) in [5.74, 6) is 2.74. The summed E-state index contributed by atoms with van der Waals surface area (Å²) in [5.41, 5.74) is 5.11. The summed E-state index contributed by atoms with van der Waals surface area (Å²) in [7, 11) is 0. The number of ether oxygens (including phenoxy) is 4. The Morgan fingerprint density at radius 3 is 0.879 bits per heavy atom. The van der Waals surface area contributed by atoms with Crippen LogP contribution in [-0.2, 0) is 0 Å². The van der Waals surface area contributed by atoms with Gasteiger partial charge in [0.15, 0.2) is 11.4 Å². The molecule has 0 spiro atoms. The summed E-state index contributed by atoms with van der Waals surface area (Å²) in [6.07, 6.45) is 12.9. The smallest absolute Gasteiger partial charge is 0.272 e. The molecule has 0 radical (unpaired) electrons. The van der Waals surface area contributed by atoms with Crippen LogP contribution >= 0.6 is 46.4 Å². The van der Waals surface area contributed by atoms with Gasteiger partial charge in [0, 0.05) is 82.5 Å². The molecule has 8 aromatic rings. The fraction of sp³-hybridized carbons (Fsp3) is 0.455. The van der Waals surface area contributed by atoms with Crippen LogP contribution in [0, 0.1) is 67.0 Å². The molecule has 12 rings (SSSR count). The van der Waals surface area contributed by atoms with Gasteiger partial charge in [0.1, 0.15) is 70.9 Å². The molecule has 28 heteroatoms. The molecule has 4 aromatic heterocycles. The first kappa shape index (κ1) is 89.3. The number of hydrogen-bond donors (Lipinski definition) is 4. The third-order valence-electron chi connectivity index (χ3n) is 21.6. The van der Waals surface area contributed by atoms with Crippen molar-refractivity contribution >= 4 is 70.0 Å². The van der Waals surface area contributed by atoms with Crippen LogP contribution in [0.25, 0.3) is 0 Å². The largest absolute Gasteiger partial charge is 0.490 e. The third kappa shape index (κ3) is 22.1. The van der Waals surface area contributed by atoms with Crippen LogP contribution in [0.2, 0.25) is 20.1 Å². The number of rotatable bonds is 20. The molecule has 4 fully saturated rings. The molecule has 4 N–H and O–H groups in total. The number of benzene rings is 4. The zero-order chi connectivity index (χ0) is 84.7. The summed E-state index contributed by atoms with van der Waals surface area (Å²) >= 11 is 24.4. The van der Waals surface area contributed by atoms with Crippen molar-refractivity contribution in [3.05, 3.63) is 210 Å². The third-order valence-corrected chi connectivity index (χ3v) is 22.9. The van der Waals surface area contributed by atoms with Gasteiger partial charge in [-0.2, -0.15) is 31.2 Å². The molecule has 608 valence electrons. The molecule has 0 aliphatic heterocycles. The highest BCUT2D eigenvalue weighted by molar-refractivity contribution is 6.33. The van der Waals surface area contributed by atoms with E-state index in [4.69, 9.17) is 86.4 Å². The Kier molecular flexibility index (Phi) is 30.0. The first-order valence-corrected chi connectivity index (χ1v) is 40.4. The molecule has 0 bridgehead atoms. The molecule has 24 nitrogen and oxygen atoms in total. The molecule has 4 aliphatic carbocycles. The van der Waals surface area contributed by atoms with E-state index >= 15 is 0 Å². The second-order valence-corrected chi connectivity index (χ2v) is 34.8. The number of nitrogens with one attached hydrogen (secondary N) is 4. The van der Waals surface area contributed by atoms with Gasteiger partial charge in [-0.1, -0.05) is 157 Å². The van der Waals surface area contributed by atoms with Crippen molar-refractivity contribution in [2.75, 3.05) is 0 Å². The van der Waals surface area contributed by atoms with Gasteiger partial charge < -0.3 is 40.2 Å². The highest BCUT2D eigenvalue weighted by Gasteiger charge is 2.65. The topological polar surface area (TPSA) is 352 Å². The van der Waals surface area contributed by atoms with Crippen LogP contribution in [0.3, 0.4) is 0 Å². The van der Waals surface area contributed by atoms with Crippen molar-refractivity contribution in [3.63, 3.8) is 0 Å². The van der Waals surface area contributed by atoms with Crippen molar-refractivity contribution in [2.45, 2.75) is 234 Å². The van der Waals surface area contributed by atoms with Gasteiger partial charge in [-0.05, 0) is 148 Å². The Bertz CT molecular complexity index is 4620. The maximum atomic E-state index is 12.8. The van der Waals surface area contributed by atoms with E-state index in [0.29, 0.717) is 88.1 Å². The normalized spacial score (nSPS) is 20.3. The molecule has 4 amide bonds. The van der Waals surface area contributed by atoms with Crippen molar-refractivity contribution in [1.29, 1.82) is 21.0 Å². The van der Waals surface area contributed by atoms with Gasteiger partial charge in [0.2, 0.25) is 0 Å². The molecule has 4 saturated carbocycles. The van der Waals surface area contributed by atoms with Gasteiger partial charge in [0.25, 0.3) is 23.6 Å². The minimum Gasteiger partial charge on any atom is -0.490 e. The fourth-order valence-electron chi connectivity index (χ4n) is 15.5. The average molecular weight is 1650 g/mol. The van der Waals surface area contributed by atoms with E-state index in [1.54, 1.807) is 97.3 Å². The van der Waals surface area contributed by atoms with Crippen molar-refractivity contribution in [2.24, 2.45) is 21.7 Å². The number of carbonyl (C=O) groups excluding carboxylic acids is 4. The molecule has 0 unspecified atom stereocenters. The molecule has 4 aliphatic rings. The van der Waals surface area contributed by atoms with Gasteiger partial charge in [-0.15, -0.1) is 10.2 Å². The highest BCUT2D eigenvalue weighted by Crippen LogP contribution is 2.57. The number of amides is 4. The highest BCUT2D eigenvalue weighted by atomic mass is 35.5. The number of hydrogen-bond acceptors (Lipinski definition) is 20. The monoisotopic (exact) mass is 1650 g/mol. The quantitative estimate of drug-likeness (QED) is 0.0550.